The molecular weight excluding hydrogens is 349 g/mol. The molecule has 5 nitrogen and oxygen atoms in total. The number of carbonyl (C=O) groups excluding carboxylic acids is 1. The first-order valence-electron chi connectivity index (χ1n) is 8.03. The summed E-state index contributed by atoms with van der Waals surface area (Å²) in [6.07, 6.45) is -4.25. The van der Waals surface area contributed by atoms with E-state index in [0.29, 0.717) is 0 Å². The zero-order chi connectivity index (χ0) is 18.7. The van der Waals surface area contributed by atoms with E-state index in [0.717, 1.165) is 23.9 Å². The number of benzene rings is 1. The van der Waals surface area contributed by atoms with Gasteiger partial charge >= 0.3 is 6.18 Å². The van der Waals surface area contributed by atoms with Gasteiger partial charge in [0.2, 0.25) is 0 Å². The highest BCUT2D eigenvalue weighted by Gasteiger charge is 2.37. The van der Waals surface area contributed by atoms with Gasteiger partial charge in [0.25, 0.3) is 5.91 Å². The minimum atomic E-state index is -4.56. The third-order valence-corrected chi connectivity index (χ3v) is 4.23. The molecule has 1 aromatic heterocycles. The molecule has 2 atom stereocenters. The smallest absolute Gasteiger partial charge is 0.394 e. The number of rotatable bonds is 3. The Bertz CT molecular complexity index is 751. The normalized spacial score (nSPS) is 20.8. The van der Waals surface area contributed by atoms with Crippen LogP contribution in [0.1, 0.15) is 27.7 Å². The molecule has 8 heteroatoms. The number of carbonyl (C=O) groups is 1. The largest absolute Gasteiger partial charge is 0.433 e. The number of aromatic nitrogens is 1. The van der Waals surface area contributed by atoms with E-state index >= 15 is 0 Å². The summed E-state index contributed by atoms with van der Waals surface area (Å²) in [6, 6.07) is 10.4. The standard InChI is InChI=1S/C18H17F3N2O3/c19-18(20,21)15-7-6-13(10-22-15)17(25)23-8-9-26-14(11-24)16(23)12-4-2-1-3-5-12/h1-7,10,14,16,24H,8-9,11H2/t14-,16-/m0/s1. The van der Waals surface area contributed by atoms with Crippen LogP contribution >= 0.6 is 0 Å². The fourth-order valence-electron chi connectivity index (χ4n) is 3.01. The molecule has 1 aromatic carbocycles. The van der Waals surface area contributed by atoms with Gasteiger partial charge in [-0.25, -0.2) is 0 Å². The van der Waals surface area contributed by atoms with Crippen LogP contribution in [0.25, 0.3) is 0 Å². The molecule has 138 valence electrons. The minimum Gasteiger partial charge on any atom is -0.394 e. The summed E-state index contributed by atoms with van der Waals surface area (Å²) in [5, 5.41) is 9.62. The van der Waals surface area contributed by atoms with E-state index in [-0.39, 0.29) is 25.3 Å². The van der Waals surface area contributed by atoms with Crippen LogP contribution in [0.15, 0.2) is 48.7 Å². The molecule has 1 amide bonds. The van der Waals surface area contributed by atoms with E-state index in [9.17, 15) is 23.1 Å². The monoisotopic (exact) mass is 366 g/mol. The van der Waals surface area contributed by atoms with Crippen LogP contribution < -0.4 is 0 Å². The third kappa shape index (κ3) is 3.71. The Hall–Kier alpha value is -2.45. The van der Waals surface area contributed by atoms with Crippen molar-refractivity contribution in [2.45, 2.75) is 18.3 Å². The number of alkyl halides is 3. The predicted octanol–water partition coefficient (Wildman–Crippen LogP) is 2.68. The summed E-state index contributed by atoms with van der Waals surface area (Å²) in [4.78, 5) is 17.7. The molecule has 2 heterocycles. The Balaban J connectivity index is 1.90. The first-order valence-corrected chi connectivity index (χ1v) is 8.03. The van der Waals surface area contributed by atoms with Crippen molar-refractivity contribution in [3.8, 4) is 0 Å². The summed E-state index contributed by atoms with van der Waals surface area (Å²) < 4.78 is 43.5. The molecule has 0 radical (unpaired) electrons. The van der Waals surface area contributed by atoms with Crippen LogP contribution in [0.4, 0.5) is 13.2 Å². The van der Waals surface area contributed by atoms with Crippen LogP contribution in [0.3, 0.4) is 0 Å². The number of hydrogen-bond donors (Lipinski definition) is 1. The maximum absolute atomic E-state index is 12.9. The second kappa shape index (κ2) is 7.43. The van der Waals surface area contributed by atoms with Crippen molar-refractivity contribution >= 4 is 5.91 Å². The number of ether oxygens (including phenoxy) is 1. The predicted molar refractivity (Wildman–Crippen MR) is 86.3 cm³/mol. The average Bonchev–Trinajstić information content (AvgIpc) is 2.67. The lowest BCUT2D eigenvalue weighted by molar-refractivity contribution is -0.141. The topological polar surface area (TPSA) is 62.7 Å². The molecule has 1 aliphatic rings. The highest BCUT2D eigenvalue weighted by molar-refractivity contribution is 5.94. The molecule has 0 aliphatic carbocycles. The van der Waals surface area contributed by atoms with Crippen molar-refractivity contribution in [3.05, 3.63) is 65.5 Å². The lowest BCUT2D eigenvalue weighted by Gasteiger charge is -2.41. The van der Waals surface area contributed by atoms with Gasteiger partial charge in [-0.15, -0.1) is 0 Å². The first kappa shape index (κ1) is 18.3. The average molecular weight is 366 g/mol. The van der Waals surface area contributed by atoms with Crippen molar-refractivity contribution < 1.29 is 27.8 Å². The minimum absolute atomic E-state index is 0.0533. The molecule has 0 unspecified atom stereocenters. The van der Waals surface area contributed by atoms with Gasteiger partial charge in [-0.2, -0.15) is 13.2 Å². The van der Waals surface area contributed by atoms with E-state index in [1.807, 2.05) is 18.2 Å². The van der Waals surface area contributed by atoms with Gasteiger partial charge in [0.05, 0.1) is 24.8 Å². The van der Waals surface area contributed by atoms with Gasteiger partial charge in [-0.05, 0) is 17.7 Å². The van der Waals surface area contributed by atoms with E-state index in [4.69, 9.17) is 4.74 Å². The Morgan fingerprint density at radius 2 is 1.96 bits per heavy atom. The number of pyridine rings is 1. The van der Waals surface area contributed by atoms with Crippen molar-refractivity contribution in [2.24, 2.45) is 0 Å². The second-order valence-electron chi connectivity index (χ2n) is 5.88. The summed E-state index contributed by atoms with van der Waals surface area (Å²) in [7, 11) is 0. The van der Waals surface area contributed by atoms with E-state index in [2.05, 4.69) is 4.98 Å². The van der Waals surface area contributed by atoms with E-state index in [1.54, 1.807) is 12.1 Å². The van der Waals surface area contributed by atoms with Crippen LogP contribution in [-0.2, 0) is 10.9 Å². The zero-order valence-corrected chi connectivity index (χ0v) is 13.7. The summed E-state index contributed by atoms with van der Waals surface area (Å²) >= 11 is 0. The quantitative estimate of drug-likeness (QED) is 0.907. The molecule has 0 bridgehead atoms. The Morgan fingerprint density at radius 3 is 2.54 bits per heavy atom. The fourth-order valence-corrected chi connectivity index (χ4v) is 3.01. The lowest BCUT2D eigenvalue weighted by atomic mass is 9.97. The van der Waals surface area contributed by atoms with Gasteiger partial charge in [0, 0.05) is 12.7 Å². The van der Waals surface area contributed by atoms with Gasteiger partial charge in [0.1, 0.15) is 11.8 Å². The zero-order valence-electron chi connectivity index (χ0n) is 13.7. The highest BCUT2D eigenvalue weighted by Crippen LogP contribution is 2.31. The molecule has 0 saturated carbocycles. The van der Waals surface area contributed by atoms with E-state index < -0.39 is 29.9 Å². The number of amides is 1. The highest BCUT2D eigenvalue weighted by atomic mass is 19.4. The molecule has 3 rings (SSSR count). The molecular formula is C18H17F3N2O3. The number of morpholine rings is 1. The SMILES string of the molecule is O=C(c1ccc(C(F)(F)F)nc1)N1CCO[C@@H](CO)[C@@H]1c1ccccc1. The second-order valence-corrected chi connectivity index (χ2v) is 5.88. The number of aliphatic hydroxyl groups excluding tert-OH is 1. The van der Waals surface area contributed by atoms with Gasteiger partial charge < -0.3 is 14.7 Å². The molecule has 0 spiro atoms. The van der Waals surface area contributed by atoms with Crippen molar-refractivity contribution in [3.63, 3.8) is 0 Å². The van der Waals surface area contributed by atoms with Crippen LogP contribution in [0.5, 0.6) is 0 Å². The molecule has 1 N–H and O–H groups in total. The van der Waals surface area contributed by atoms with Crippen molar-refractivity contribution in [1.29, 1.82) is 0 Å². The third-order valence-electron chi connectivity index (χ3n) is 4.23. The van der Waals surface area contributed by atoms with Crippen molar-refractivity contribution in [2.75, 3.05) is 19.8 Å². The lowest BCUT2D eigenvalue weighted by Crippen LogP contribution is -2.49. The number of hydrogen-bond acceptors (Lipinski definition) is 4. The molecule has 2 aromatic rings. The first-order chi connectivity index (χ1) is 12.4. The molecule has 1 fully saturated rings. The van der Waals surface area contributed by atoms with E-state index in [1.165, 1.54) is 4.90 Å². The van der Waals surface area contributed by atoms with Crippen LogP contribution in [0.2, 0.25) is 0 Å². The van der Waals surface area contributed by atoms with Gasteiger partial charge in [0.15, 0.2) is 0 Å². The maximum Gasteiger partial charge on any atom is 0.433 e. The number of halogens is 3. The Kier molecular flexibility index (Phi) is 5.24. The maximum atomic E-state index is 12.9. The molecule has 1 saturated heterocycles. The molecule has 1 aliphatic heterocycles. The Morgan fingerprint density at radius 1 is 1.23 bits per heavy atom. The summed E-state index contributed by atoms with van der Waals surface area (Å²) in [5.74, 6) is -0.457. The van der Waals surface area contributed by atoms with Gasteiger partial charge in [-0.1, -0.05) is 30.3 Å². The van der Waals surface area contributed by atoms with Crippen LogP contribution in [0, 0.1) is 0 Å². The molecule has 26 heavy (non-hydrogen) atoms. The fraction of sp³-hybridized carbons (Fsp3) is 0.333. The van der Waals surface area contributed by atoms with Crippen LogP contribution in [-0.4, -0.2) is 46.8 Å². The summed E-state index contributed by atoms with van der Waals surface area (Å²) in [6.45, 7) is 0.207. The Labute approximate surface area is 148 Å². The van der Waals surface area contributed by atoms with Gasteiger partial charge in [-0.3, -0.25) is 9.78 Å². The van der Waals surface area contributed by atoms with Crippen molar-refractivity contribution in [1.82, 2.24) is 9.88 Å². The number of aliphatic hydroxyl groups is 1. The number of nitrogens with zero attached hydrogens (tertiary/aromatic N) is 2. The summed E-state index contributed by atoms with van der Waals surface area (Å²) in [5.41, 5.74) is -0.221.